The Morgan fingerprint density at radius 1 is 1.43 bits per heavy atom. The number of aliphatic hydroxyl groups is 1. The van der Waals surface area contributed by atoms with E-state index in [2.05, 4.69) is 10.6 Å². The Labute approximate surface area is 84.8 Å². The molecule has 3 N–H and O–H groups in total. The van der Waals surface area contributed by atoms with Gasteiger partial charge in [-0.25, -0.2) is 0 Å². The Morgan fingerprint density at radius 2 is 2.07 bits per heavy atom. The van der Waals surface area contributed by atoms with E-state index in [4.69, 9.17) is 9.84 Å². The number of hydrogen-bond donors (Lipinski definition) is 3. The van der Waals surface area contributed by atoms with Crippen molar-refractivity contribution in [3.63, 3.8) is 0 Å². The summed E-state index contributed by atoms with van der Waals surface area (Å²) in [6.45, 7) is 4.81. The quantitative estimate of drug-likeness (QED) is 0.470. The van der Waals surface area contributed by atoms with Crippen LogP contribution < -0.4 is 10.6 Å². The highest BCUT2D eigenvalue weighted by atomic mass is 16.5. The molecule has 14 heavy (non-hydrogen) atoms. The molecular formula is C9H20N2O3. The molecule has 0 rings (SSSR count). The molecule has 0 radical (unpaired) electrons. The molecule has 0 aromatic carbocycles. The van der Waals surface area contributed by atoms with Crippen LogP contribution in [-0.4, -0.2) is 50.0 Å². The van der Waals surface area contributed by atoms with Gasteiger partial charge in [-0.2, -0.15) is 0 Å². The van der Waals surface area contributed by atoms with E-state index in [1.54, 1.807) is 20.9 Å². The average molecular weight is 204 g/mol. The van der Waals surface area contributed by atoms with E-state index in [9.17, 15) is 4.79 Å². The highest BCUT2D eigenvalue weighted by molar-refractivity contribution is 5.85. The number of carbonyl (C=O) groups is 1. The monoisotopic (exact) mass is 204 g/mol. The number of nitrogens with one attached hydrogen (secondary N) is 2. The van der Waals surface area contributed by atoms with Crippen LogP contribution in [0.3, 0.4) is 0 Å². The second-order valence-corrected chi connectivity index (χ2v) is 3.47. The molecule has 0 spiro atoms. The lowest BCUT2D eigenvalue weighted by Gasteiger charge is -2.22. The van der Waals surface area contributed by atoms with Crippen molar-refractivity contribution < 1.29 is 14.6 Å². The van der Waals surface area contributed by atoms with E-state index in [1.165, 1.54) is 0 Å². The molecule has 0 saturated carbocycles. The van der Waals surface area contributed by atoms with Gasteiger partial charge in [-0.1, -0.05) is 0 Å². The molecule has 0 unspecified atom stereocenters. The van der Waals surface area contributed by atoms with Gasteiger partial charge in [0.15, 0.2) is 0 Å². The highest BCUT2D eigenvalue weighted by Crippen LogP contribution is 1.99. The first kappa shape index (κ1) is 13.4. The van der Waals surface area contributed by atoms with Crippen molar-refractivity contribution >= 4 is 5.91 Å². The molecule has 0 bridgehead atoms. The van der Waals surface area contributed by atoms with E-state index in [0.29, 0.717) is 19.8 Å². The van der Waals surface area contributed by atoms with Crippen LogP contribution in [0.15, 0.2) is 0 Å². The minimum Gasteiger partial charge on any atom is -0.394 e. The molecule has 0 aliphatic heterocycles. The summed E-state index contributed by atoms with van der Waals surface area (Å²) < 4.78 is 4.99. The van der Waals surface area contributed by atoms with E-state index in [0.717, 1.165) is 0 Å². The summed E-state index contributed by atoms with van der Waals surface area (Å²) in [7, 11) is 1.74. The molecule has 0 aromatic heterocycles. The topological polar surface area (TPSA) is 70.6 Å². The van der Waals surface area contributed by atoms with Crippen LogP contribution in [-0.2, 0) is 9.53 Å². The van der Waals surface area contributed by atoms with Crippen molar-refractivity contribution in [1.29, 1.82) is 0 Å². The second-order valence-electron chi connectivity index (χ2n) is 3.47. The predicted octanol–water partition coefficient (Wildman–Crippen LogP) is -0.890. The lowest BCUT2D eigenvalue weighted by molar-refractivity contribution is -0.126. The fourth-order valence-corrected chi connectivity index (χ4v) is 0.738. The molecule has 0 heterocycles. The smallest absolute Gasteiger partial charge is 0.239 e. The first-order valence-electron chi connectivity index (χ1n) is 4.70. The zero-order valence-electron chi connectivity index (χ0n) is 9.09. The normalized spacial score (nSPS) is 11.4. The largest absolute Gasteiger partial charge is 0.394 e. The van der Waals surface area contributed by atoms with Crippen molar-refractivity contribution in [2.24, 2.45) is 0 Å². The second kappa shape index (κ2) is 6.75. The SMILES string of the molecule is CNC(C)(C)C(=O)NCCOCCO. The maximum absolute atomic E-state index is 11.4. The van der Waals surface area contributed by atoms with Gasteiger partial charge in [0.2, 0.25) is 5.91 Å². The zero-order chi connectivity index (χ0) is 11.0. The third-order valence-corrected chi connectivity index (χ3v) is 1.96. The van der Waals surface area contributed by atoms with E-state index in [-0.39, 0.29) is 12.5 Å². The maximum atomic E-state index is 11.4. The van der Waals surface area contributed by atoms with E-state index in [1.807, 2.05) is 0 Å². The molecule has 0 aliphatic carbocycles. The average Bonchev–Trinajstić information content (AvgIpc) is 2.17. The van der Waals surface area contributed by atoms with Gasteiger partial charge in [0.25, 0.3) is 0 Å². The van der Waals surface area contributed by atoms with Crippen LogP contribution in [0.25, 0.3) is 0 Å². The highest BCUT2D eigenvalue weighted by Gasteiger charge is 2.24. The first-order valence-corrected chi connectivity index (χ1v) is 4.70. The number of hydrogen-bond acceptors (Lipinski definition) is 4. The molecule has 0 fully saturated rings. The van der Waals surface area contributed by atoms with E-state index >= 15 is 0 Å². The molecule has 5 nitrogen and oxygen atoms in total. The molecule has 1 amide bonds. The Bertz CT molecular complexity index is 171. The lowest BCUT2D eigenvalue weighted by atomic mass is 10.1. The van der Waals surface area contributed by atoms with Crippen LogP contribution in [0.2, 0.25) is 0 Å². The van der Waals surface area contributed by atoms with Crippen molar-refractivity contribution in [3.8, 4) is 0 Å². The van der Waals surface area contributed by atoms with Crippen molar-refractivity contribution in [2.45, 2.75) is 19.4 Å². The number of amides is 1. The van der Waals surface area contributed by atoms with Crippen LogP contribution in [0.1, 0.15) is 13.8 Å². The van der Waals surface area contributed by atoms with Gasteiger partial charge in [-0.05, 0) is 20.9 Å². The third-order valence-electron chi connectivity index (χ3n) is 1.96. The van der Waals surface area contributed by atoms with Gasteiger partial charge in [0.05, 0.1) is 25.4 Å². The first-order chi connectivity index (χ1) is 6.54. The van der Waals surface area contributed by atoms with Gasteiger partial charge in [-0.3, -0.25) is 4.79 Å². The number of aliphatic hydroxyl groups excluding tert-OH is 1. The fraction of sp³-hybridized carbons (Fsp3) is 0.889. The van der Waals surface area contributed by atoms with Gasteiger partial charge >= 0.3 is 0 Å². The Morgan fingerprint density at radius 3 is 2.57 bits per heavy atom. The van der Waals surface area contributed by atoms with Crippen LogP contribution in [0.5, 0.6) is 0 Å². The predicted molar refractivity (Wildman–Crippen MR) is 54.1 cm³/mol. The van der Waals surface area contributed by atoms with Crippen LogP contribution in [0.4, 0.5) is 0 Å². The summed E-state index contributed by atoms with van der Waals surface area (Å²) in [6.07, 6.45) is 0. The summed E-state index contributed by atoms with van der Waals surface area (Å²) in [4.78, 5) is 11.4. The van der Waals surface area contributed by atoms with Crippen LogP contribution in [0, 0.1) is 0 Å². The van der Waals surface area contributed by atoms with E-state index < -0.39 is 5.54 Å². The summed E-state index contributed by atoms with van der Waals surface area (Å²) in [5.74, 6) is -0.0624. The molecule has 5 heteroatoms. The number of likely N-dealkylation sites (N-methyl/N-ethyl adjacent to an activating group) is 1. The van der Waals surface area contributed by atoms with Gasteiger partial charge < -0.3 is 20.5 Å². The van der Waals surface area contributed by atoms with Crippen LogP contribution >= 0.6 is 0 Å². The minimum absolute atomic E-state index is 0.00988. The summed E-state index contributed by atoms with van der Waals surface area (Å²) in [5, 5.41) is 14.0. The Balaban J connectivity index is 3.54. The molecule has 0 saturated heterocycles. The molecule has 84 valence electrons. The number of carbonyl (C=O) groups excluding carboxylic acids is 1. The summed E-state index contributed by atoms with van der Waals surface area (Å²) in [5.41, 5.74) is -0.559. The number of rotatable bonds is 7. The molecule has 0 atom stereocenters. The summed E-state index contributed by atoms with van der Waals surface area (Å²) in [6, 6.07) is 0. The standard InChI is InChI=1S/C9H20N2O3/c1-9(2,10-3)8(13)11-4-6-14-7-5-12/h10,12H,4-7H2,1-3H3,(H,11,13). The van der Waals surface area contributed by atoms with Crippen molar-refractivity contribution in [1.82, 2.24) is 10.6 Å². The number of ether oxygens (including phenoxy) is 1. The lowest BCUT2D eigenvalue weighted by Crippen LogP contribution is -2.51. The van der Waals surface area contributed by atoms with Gasteiger partial charge in [-0.15, -0.1) is 0 Å². The zero-order valence-corrected chi connectivity index (χ0v) is 9.09. The fourth-order valence-electron chi connectivity index (χ4n) is 0.738. The third kappa shape index (κ3) is 5.16. The molecule has 0 aromatic rings. The Hall–Kier alpha value is -0.650. The van der Waals surface area contributed by atoms with Gasteiger partial charge in [0, 0.05) is 6.54 Å². The van der Waals surface area contributed by atoms with Crippen molar-refractivity contribution in [2.75, 3.05) is 33.4 Å². The molecular weight excluding hydrogens is 184 g/mol. The Kier molecular flexibility index (Phi) is 6.44. The minimum atomic E-state index is -0.559. The van der Waals surface area contributed by atoms with Gasteiger partial charge in [0.1, 0.15) is 0 Å². The summed E-state index contributed by atoms with van der Waals surface area (Å²) >= 11 is 0. The molecule has 0 aliphatic rings. The maximum Gasteiger partial charge on any atom is 0.239 e. The van der Waals surface area contributed by atoms with Crippen molar-refractivity contribution in [3.05, 3.63) is 0 Å².